The summed E-state index contributed by atoms with van der Waals surface area (Å²) in [5, 5.41) is 12.3. The lowest BCUT2D eigenvalue weighted by molar-refractivity contribution is -0.144. The van der Waals surface area contributed by atoms with E-state index < -0.39 is 11.5 Å². The van der Waals surface area contributed by atoms with Crippen molar-refractivity contribution in [2.45, 2.75) is 38.8 Å². The predicted octanol–water partition coefficient (Wildman–Crippen LogP) is 3.90. The number of hydrogen-bond donors (Lipinski definition) is 2. The largest absolute Gasteiger partial charge is 0.480 e. The molecule has 0 aliphatic rings. The minimum atomic E-state index is -0.877. The van der Waals surface area contributed by atoms with E-state index in [9.17, 15) is 9.90 Å². The van der Waals surface area contributed by atoms with Crippen LogP contribution in [-0.4, -0.2) is 16.6 Å². The molecule has 1 rings (SSSR count). The summed E-state index contributed by atoms with van der Waals surface area (Å²) in [4.78, 5) is 12.2. The Labute approximate surface area is 118 Å². The molecule has 0 aliphatic heterocycles. The third kappa shape index (κ3) is 3.95. The molecule has 0 saturated carbocycles. The summed E-state index contributed by atoms with van der Waals surface area (Å²) in [6, 6.07) is 1.91. The van der Waals surface area contributed by atoms with Gasteiger partial charge in [-0.05, 0) is 35.3 Å². The molecular formula is C11H15BrClNO2S. The summed E-state index contributed by atoms with van der Waals surface area (Å²) in [7, 11) is 0. The average Bonchev–Trinajstić information content (AvgIpc) is 2.56. The standard InChI is InChI=1S/C11H15BrClNO2S/c1-3-4-11(2,10(15)16)14-6-7-5-8(12)9(13)17-7/h5,14H,3-4,6H2,1-2H3,(H,15,16). The van der Waals surface area contributed by atoms with E-state index in [1.165, 1.54) is 11.3 Å². The molecule has 1 atom stereocenters. The van der Waals surface area contributed by atoms with E-state index in [2.05, 4.69) is 21.2 Å². The highest BCUT2D eigenvalue weighted by molar-refractivity contribution is 9.10. The Morgan fingerprint density at radius 3 is 2.76 bits per heavy atom. The smallest absolute Gasteiger partial charge is 0.323 e. The van der Waals surface area contributed by atoms with Crippen molar-refractivity contribution < 1.29 is 9.90 Å². The fourth-order valence-electron chi connectivity index (χ4n) is 1.53. The minimum absolute atomic E-state index is 0.513. The molecule has 0 aromatic carbocycles. The van der Waals surface area contributed by atoms with E-state index in [0.717, 1.165) is 15.8 Å². The molecule has 1 aromatic rings. The van der Waals surface area contributed by atoms with Gasteiger partial charge >= 0.3 is 5.97 Å². The van der Waals surface area contributed by atoms with E-state index >= 15 is 0 Å². The van der Waals surface area contributed by atoms with Gasteiger partial charge in [0.1, 0.15) is 9.88 Å². The van der Waals surface area contributed by atoms with Crippen molar-refractivity contribution in [1.29, 1.82) is 0 Å². The normalized spacial score (nSPS) is 14.6. The van der Waals surface area contributed by atoms with E-state index in [-0.39, 0.29) is 0 Å². The minimum Gasteiger partial charge on any atom is -0.480 e. The quantitative estimate of drug-likeness (QED) is 0.826. The van der Waals surface area contributed by atoms with Crippen molar-refractivity contribution in [2.75, 3.05) is 0 Å². The summed E-state index contributed by atoms with van der Waals surface area (Å²) >= 11 is 10.7. The average molecular weight is 341 g/mol. The number of aliphatic carboxylic acids is 1. The number of carbonyl (C=O) groups is 1. The molecule has 0 amide bonds. The van der Waals surface area contributed by atoms with Crippen molar-refractivity contribution in [3.63, 3.8) is 0 Å². The highest BCUT2D eigenvalue weighted by Gasteiger charge is 2.31. The topological polar surface area (TPSA) is 49.3 Å². The van der Waals surface area contributed by atoms with Crippen LogP contribution < -0.4 is 5.32 Å². The van der Waals surface area contributed by atoms with E-state index in [4.69, 9.17) is 11.6 Å². The molecule has 96 valence electrons. The maximum atomic E-state index is 11.2. The van der Waals surface area contributed by atoms with Crippen molar-refractivity contribution in [3.8, 4) is 0 Å². The highest BCUT2D eigenvalue weighted by atomic mass is 79.9. The zero-order valence-corrected chi connectivity index (χ0v) is 12.9. The molecule has 0 fully saturated rings. The zero-order valence-electron chi connectivity index (χ0n) is 9.72. The first-order valence-electron chi connectivity index (χ1n) is 5.31. The second-order valence-electron chi connectivity index (χ2n) is 4.08. The van der Waals surface area contributed by atoms with Crippen LogP contribution >= 0.6 is 38.9 Å². The molecule has 17 heavy (non-hydrogen) atoms. The molecule has 0 spiro atoms. The number of hydrogen-bond acceptors (Lipinski definition) is 3. The molecule has 0 aliphatic carbocycles. The van der Waals surface area contributed by atoms with Gasteiger partial charge in [-0.15, -0.1) is 11.3 Å². The lowest BCUT2D eigenvalue weighted by atomic mass is 9.96. The fourth-order valence-corrected chi connectivity index (χ4v) is 3.26. The summed E-state index contributed by atoms with van der Waals surface area (Å²) in [5.74, 6) is -0.818. The van der Waals surface area contributed by atoms with Crippen LogP contribution in [-0.2, 0) is 11.3 Å². The first-order valence-corrected chi connectivity index (χ1v) is 7.30. The van der Waals surface area contributed by atoms with Gasteiger partial charge in [-0.2, -0.15) is 0 Å². The van der Waals surface area contributed by atoms with Crippen molar-refractivity contribution in [3.05, 3.63) is 19.8 Å². The van der Waals surface area contributed by atoms with Crippen LogP contribution in [0.4, 0.5) is 0 Å². The van der Waals surface area contributed by atoms with Crippen LogP contribution in [0.2, 0.25) is 4.34 Å². The third-order valence-electron chi connectivity index (χ3n) is 2.57. The van der Waals surface area contributed by atoms with Gasteiger partial charge in [0.2, 0.25) is 0 Å². The Balaban J connectivity index is 2.67. The van der Waals surface area contributed by atoms with Crippen LogP contribution in [0, 0.1) is 0 Å². The maximum Gasteiger partial charge on any atom is 0.323 e. The Morgan fingerprint density at radius 2 is 2.35 bits per heavy atom. The first-order chi connectivity index (χ1) is 7.89. The second-order valence-corrected chi connectivity index (χ2v) is 6.67. The summed E-state index contributed by atoms with van der Waals surface area (Å²) in [5.41, 5.74) is -0.877. The van der Waals surface area contributed by atoms with Gasteiger partial charge in [0.05, 0.1) is 0 Å². The van der Waals surface area contributed by atoms with Crippen molar-refractivity contribution >= 4 is 44.8 Å². The van der Waals surface area contributed by atoms with Gasteiger partial charge in [-0.3, -0.25) is 10.1 Å². The monoisotopic (exact) mass is 339 g/mol. The molecule has 0 radical (unpaired) electrons. The van der Waals surface area contributed by atoms with Gasteiger partial charge in [-0.25, -0.2) is 0 Å². The SMILES string of the molecule is CCCC(C)(NCc1cc(Br)c(Cl)s1)C(=O)O. The van der Waals surface area contributed by atoms with E-state index in [1.54, 1.807) is 6.92 Å². The van der Waals surface area contributed by atoms with Crippen LogP contribution in [0.15, 0.2) is 10.5 Å². The third-order valence-corrected chi connectivity index (χ3v) is 5.05. The Kier molecular flexibility index (Phi) is 5.44. The van der Waals surface area contributed by atoms with Gasteiger partial charge in [-0.1, -0.05) is 24.9 Å². The second kappa shape index (κ2) is 6.18. The number of carboxylic acid groups (broad SMARTS) is 1. The van der Waals surface area contributed by atoms with Crippen LogP contribution in [0.1, 0.15) is 31.6 Å². The number of rotatable bonds is 6. The molecule has 1 heterocycles. The molecule has 0 saturated heterocycles. The lowest BCUT2D eigenvalue weighted by Gasteiger charge is -2.25. The van der Waals surface area contributed by atoms with Gasteiger partial charge < -0.3 is 5.11 Å². The molecule has 0 bridgehead atoms. The van der Waals surface area contributed by atoms with Gasteiger partial charge in [0.25, 0.3) is 0 Å². The molecule has 1 unspecified atom stereocenters. The first kappa shape index (κ1) is 15.0. The summed E-state index contributed by atoms with van der Waals surface area (Å²) in [6.45, 7) is 4.20. The molecule has 3 nitrogen and oxygen atoms in total. The Morgan fingerprint density at radius 1 is 1.71 bits per heavy atom. The van der Waals surface area contributed by atoms with Gasteiger partial charge in [0, 0.05) is 15.9 Å². The summed E-state index contributed by atoms with van der Waals surface area (Å²) < 4.78 is 1.54. The number of nitrogens with one attached hydrogen (secondary N) is 1. The molecular weight excluding hydrogens is 326 g/mol. The molecule has 2 N–H and O–H groups in total. The van der Waals surface area contributed by atoms with Crippen LogP contribution in [0.3, 0.4) is 0 Å². The van der Waals surface area contributed by atoms with E-state index in [1.807, 2.05) is 13.0 Å². The zero-order chi connectivity index (χ0) is 13.1. The molecule has 1 aromatic heterocycles. The summed E-state index contributed by atoms with van der Waals surface area (Å²) in [6.07, 6.45) is 1.42. The Bertz CT molecular complexity index is 391. The van der Waals surface area contributed by atoms with Crippen molar-refractivity contribution in [1.82, 2.24) is 5.32 Å². The molecule has 6 heteroatoms. The maximum absolute atomic E-state index is 11.2. The number of thiophene rings is 1. The van der Waals surface area contributed by atoms with Crippen molar-refractivity contribution in [2.24, 2.45) is 0 Å². The lowest BCUT2D eigenvalue weighted by Crippen LogP contribution is -2.48. The van der Waals surface area contributed by atoms with E-state index in [0.29, 0.717) is 17.3 Å². The number of halogens is 2. The van der Waals surface area contributed by atoms with Crippen LogP contribution in [0.5, 0.6) is 0 Å². The highest BCUT2D eigenvalue weighted by Crippen LogP contribution is 2.32. The Hall–Kier alpha value is -0.100. The van der Waals surface area contributed by atoms with Gasteiger partial charge in [0.15, 0.2) is 0 Å². The fraction of sp³-hybridized carbons (Fsp3) is 0.545. The number of carboxylic acids is 1. The predicted molar refractivity (Wildman–Crippen MR) is 74.8 cm³/mol. The van der Waals surface area contributed by atoms with Crippen LogP contribution in [0.25, 0.3) is 0 Å².